The Morgan fingerprint density at radius 2 is 1.95 bits per heavy atom. The zero-order valence-corrected chi connectivity index (χ0v) is 25.0. The molecule has 208 valence electrons. The maximum Gasteiger partial charge on any atom is 0.337 e. The van der Waals surface area contributed by atoms with Crippen LogP contribution in [0.4, 0.5) is 5.69 Å². The van der Waals surface area contributed by atoms with Crippen LogP contribution in [0.15, 0.2) is 84.2 Å². The van der Waals surface area contributed by atoms with E-state index in [0.29, 0.717) is 11.3 Å². The topological polar surface area (TPSA) is 82.4 Å². The number of carboxylic acid groups (broad SMARTS) is 1. The molecule has 3 aromatic rings. The predicted molar refractivity (Wildman–Crippen MR) is 170 cm³/mol. The fraction of sp³-hybridized carbons (Fsp3) is 0.229. The highest BCUT2D eigenvalue weighted by Crippen LogP contribution is 2.42. The molecule has 5 nitrogen and oxygen atoms in total. The molecule has 0 saturated carbocycles. The minimum absolute atomic E-state index is 0.207. The van der Waals surface area contributed by atoms with Crippen LogP contribution in [0, 0.1) is 25.2 Å². The van der Waals surface area contributed by atoms with Crippen LogP contribution in [0.25, 0.3) is 5.57 Å². The molecule has 2 N–H and O–H groups in total. The Morgan fingerprint density at radius 3 is 2.63 bits per heavy atom. The van der Waals surface area contributed by atoms with Gasteiger partial charge in [-0.05, 0) is 98.6 Å². The molecule has 6 heteroatoms. The molecule has 1 atom stereocenters. The molecule has 1 aliphatic rings. The highest BCUT2D eigenvalue weighted by molar-refractivity contribution is 7.38. The van der Waals surface area contributed by atoms with Gasteiger partial charge in [0.1, 0.15) is 11.5 Å². The summed E-state index contributed by atoms with van der Waals surface area (Å²) in [5, 5.41) is 22.3. The molecule has 0 aromatic heterocycles. The fourth-order valence-corrected chi connectivity index (χ4v) is 6.03. The van der Waals surface area contributed by atoms with Crippen LogP contribution in [0.1, 0.15) is 77.0 Å². The van der Waals surface area contributed by atoms with E-state index >= 15 is 0 Å². The smallest absolute Gasteiger partial charge is 0.337 e. The second-order valence-electron chi connectivity index (χ2n) is 10.1. The van der Waals surface area contributed by atoms with Gasteiger partial charge < -0.3 is 15.2 Å². The van der Waals surface area contributed by atoms with Gasteiger partial charge in [-0.15, -0.1) is 0 Å². The highest BCUT2D eigenvalue weighted by atomic mass is 31.1. The normalized spacial score (nSPS) is 14.7. The van der Waals surface area contributed by atoms with E-state index in [-0.39, 0.29) is 11.6 Å². The number of nitriles is 1. The number of fused-ring (bicyclic) bond motifs is 1. The summed E-state index contributed by atoms with van der Waals surface area (Å²) in [4.78, 5) is 11.8. The largest absolute Gasteiger partial charge is 0.478 e. The van der Waals surface area contributed by atoms with Crippen LogP contribution < -0.4 is 10.1 Å². The summed E-state index contributed by atoms with van der Waals surface area (Å²) in [6.45, 7) is 10.3. The average molecular weight is 563 g/mol. The third kappa shape index (κ3) is 6.85. The Labute approximate surface area is 244 Å². The van der Waals surface area contributed by atoms with E-state index in [1.807, 2.05) is 45.0 Å². The van der Waals surface area contributed by atoms with Gasteiger partial charge in [-0.3, -0.25) is 0 Å². The van der Waals surface area contributed by atoms with E-state index < -0.39 is 5.97 Å². The lowest BCUT2D eigenvalue weighted by molar-refractivity contribution is 0.0698. The number of ether oxygens (including phenoxy) is 1. The standard InChI is InChI=1S/C35H35N2O3P/c1-6-10-27-18-33(26(7-2)20-41-21-28-14-13-25(19-36)17-23(28)4)40-34-30(15-22(3)16-31(27)34)24(5)37-32-12-9-8-11-29(32)35(38)39/h7-18,20,24,37H,6,21H2,1-5H3,(H,38,39)/b26-7+,27-10-. The van der Waals surface area contributed by atoms with Crippen molar-refractivity contribution < 1.29 is 14.6 Å². The fourth-order valence-electron chi connectivity index (χ4n) is 4.91. The number of allylic oxidation sites excluding steroid dienone is 5. The van der Waals surface area contributed by atoms with Gasteiger partial charge in [-0.2, -0.15) is 5.26 Å². The maximum absolute atomic E-state index is 11.8. The molecule has 1 aliphatic heterocycles. The molecule has 0 saturated heterocycles. The second-order valence-corrected chi connectivity index (χ2v) is 11.0. The summed E-state index contributed by atoms with van der Waals surface area (Å²) in [6.07, 6.45) is 8.11. The first-order valence-electron chi connectivity index (χ1n) is 13.7. The van der Waals surface area contributed by atoms with Crippen molar-refractivity contribution in [2.45, 2.75) is 53.2 Å². The molecule has 0 spiro atoms. The van der Waals surface area contributed by atoms with Crippen molar-refractivity contribution in [2.24, 2.45) is 0 Å². The SMILES string of the molecule is C/C=C(\C=P/Cc1ccc(C#N)cc1C)C1=C/C(=C/CC)c2cc(C)cc(C(C)Nc3ccccc3C(=O)O)c2O1. The lowest BCUT2D eigenvalue weighted by Gasteiger charge is -2.27. The van der Waals surface area contributed by atoms with E-state index in [0.717, 1.165) is 65.7 Å². The molecule has 0 amide bonds. The quantitative estimate of drug-likeness (QED) is 0.254. The number of carboxylic acids is 1. The van der Waals surface area contributed by atoms with Gasteiger partial charge in [-0.25, -0.2) is 4.79 Å². The Morgan fingerprint density at radius 1 is 1.17 bits per heavy atom. The number of benzene rings is 3. The minimum atomic E-state index is -0.968. The summed E-state index contributed by atoms with van der Waals surface area (Å²) in [5.41, 5.74) is 9.04. The lowest BCUT2D eigenvalue weighted by atomic mass is 9.92. The number of nitrogens with zero attached hydrogens (tertiary/aromatic N) is 1. The number of para-hydroxylation sites is 1. The number of hydrogen-bond acceptors (Lipinski definition) is 4. The molecular formula is C35H35N2O3P. The molecule has 3 aromatic carbocycles. The summed E-state index contributed by atoms with van der Waals surface area (Å²) in [7, 11) is 1.12. The molecule has 0 bridgehead atoms. The van der Waals surface area contributed by atoms with E-state index in [9.17, 15) is 9.90 Å². The first kappa shape index (κ1) is 29.6. The van der Waals surface area contributed by atoms with Gasteiger partial charge in [0.05, 0.1) is 23.2 Å². The van der Waals surface area contributed by atoms with E-state index in [1.165, 1.54) is 5.56 Å². The lowest BCUT2D eigenvalue weighted by Crippen LogP contribution is -2.15. The number of carbonyl (C=O) groups is 1. The van der Waals surface area contributed by atoms with Gasteiger partial charge >= 0.3 is 5.97 Å². The van der Waals surface area contributed by atoms with Gasteiger partial charge in [0.25, 0.3) is 0 Å². The molecule has 0 aliphatic carbocycles. The zero-order valence-electron chi connectivity index (χ0n) is 24.2. The van der Waals surface area contributed by atoms with Gasteiger partial charge in [0.15, 0.2) is 0 Å². The first-order valence-corrected chi connectivity index (χ1v) is 14.9. The Hall–Kier alpha value is -4.39. The Bertz CT molecular complexity index is 1640. The van der Waals surface area contributed by atoms with Crippen LogP contribution in [0.3, 0.4) is 0 Å². The number of aromatic carboxylic acids is 1. The monoisotopic (exact) mass is 562 g/mol. The van der Waals surface area contributed by atoms with Crippen LogP contribution in [-0.4, -0.2) is 16.9 Å². The second kappa shape index (κ2) is 13.3. The average Bonchev–Trinajstić information content (AvgIpc) is 2.96. The number of rotatable bonds is 9. The highest BCUT2D eigenvalue weighted by Gasteiger charge is 2.25. The van der Waals surface area contributed by atoms with Crippen molar-refractivity contribution >= 4 is 31.2 Å². The van der Waals surface area contributed by atoms with E-state index in [1.54, 1.807) is 18.2 Å². The van der Waals surface area contributed by atoms with Crippen molar-refractivity contribution in [3.8, 4) is 11.8 Å². The van der Waals surface area contributed by atoms with Crippen molar-refractivity contribution in [3.05, 3.63) is 123 Å². The maximum atomic E-state index is 11.8. The van der Waals surface area contributed by atoms with Crippen molar-refractivity contribution in [1.29, 1.82) is 5.26 Å². The summed E-state index contributed by atoms with van der Waals surface area (Å²) in [6, 6.07) is 19.0. The van der Waals surface area contributed by atoms with Crippen molar-refractivity contribution in [1.82, 2.24) is 0 Å². The van der Waals surface area contributed by atoms with Crippen LogP contribution in [-0.2, 0) is 6.16 Å². The zero-order chi connectivity index (χ0) is 29.5. The summed E-state index contributed by atoms with van der Waals surface area (Å²) < 4.78 is 6.66. The Kier molecular flexibility index (Phi) is 9.61. The van der Waals surface area contributed by atoms with Crippen LogP contribution in [0.2, 0.25) is 0 Å². The molecular weight excluding hydrogens is 527 g/mol. The van der Waals surface area contributed by atoms with Crippen LogP contribution in [0.5, 0.6) is 5.75 Å². The molecule has 41 heavy (non-hydrogen) atoms. The van der Waals surface area contributed by atoms with E-state index in [2.05, 4.69) is 61.4 Å². The minimum Gasteiger partial charge on any atom is -0.478 e. The van der Waals surface area contributed by atoms with Crippen molar-refractivity contribution in [2.75, 3.05) is 5.32 Å². The van der Waals surface area contributed by atoms with Crippen molar-refractivity contribution in [3.63, 3.8) is 0 Å². The molecule has 4 rings (SSSR count). The molecule has 0 fully saturated rings. The molecule has 1 heterocycles. The molecule has 1 unspecified atom stereocenters. The summed E-state index contributed by atoms with van der Waals surface area (Å²) >= 11 is 0. The summed E-state index contributed by atoms with van der Waals surface area (Å²) in [5.74, 6) is 2.78. The third-order valence-corrected chi connectivity index (χ3v) is 8.03. The first-order chi connectivity index (χ1) is 19.7. The third-order valence-electron chi connectivity index (χ3n) is 7.05. The van der Waals surface area contributed by atoms with Gasteiger partial charge in [-0.1, -0.05) is 51.5 Å². The number of aryl methyl sites for hydroxylation is 2. The van der Waals surface area contributed by atoms with Crippen LogP contribution >= 0.6 is 8.20 Å². The predicted octanol–water partition coefficient (Wildman–Crippen LogP) is 9.01. The van der Waals surface area contributed by atoms with Gasteiger partial charge in [0, 0.05) is 28.5 Å². The number of anilines is 1. The Balaban J connectivity index is 1.67. The number of nitrogens with one attached hydrogen (secondary N) is 1. The molecule has 0 radical (unpaired) electrons. The number of hydrogen-bond donors (Lipinski definition) is 2. The van der Waals surface area contributed by atoms with Gasteiger partial charge in [0.2, 0.25) is 0 Å². The van der Waals surface area contributed by atoms with E-state index in [4.69, 9.17) is 10.00 Å².